The van der Waals surface area contributed by atoms with Crippen molar-refractivity contribution in [2.24, 2.45) is 17.8 Å². The average molecular weight is 364 g/mol. The standard InChI is InChI=1S/C20H23Cl2NO/c21-14-11-12-18(17(22)13-14)23-20(24)19-15-9-7-5-3-1-2-4-6-8-10-16(15)19/h3-6,11-13,15-16,19H,1-2,7-10H2,(H,23,24)/b5-3-,6-4-/t15-,16-/m0/s1. The van der Waals surface area contributed by atoms with Crippen LogP contribution in [-0.4, -0.2) is 5.91 Å². The van der Waals surface area contributed by atoms with E-state index in [1.807, 2.05) is 0 Å². The van der Waals surface area contributed by atoms with E-state index in [-0.39, 0.29) is 11.8 Å². The Morgan fingerprint density at radius 1 is 0.917 bits per heavy atom. The SMILES string of the molecule is O=C(Nc1ccc(Cl)cc1Cl)C1[C@H]2CC/C=C\CC/C=C\CC[C@H]12. The van der Waals surface area contributed by atoms with Gasteiger partial charge < -0.3 is 5.32 Å². The largest absolute Gasteiger partial charge is 0.325 e. The molecule has 24 heavy (non-hydrogen) atoms. The summed E-state index contributed by atoms with van der Waals surface area (Å²) in [5, 5.41) is 4.05. The molecule has 2 atom stereocenters. The summed E-state index contributed by atoms with van der Waals surface area (Å²) in [6, 6.07) is 5.17. The zero-order valence-corrected chi connectivity index (χ0v) is 15.2. The predicted molar refractivity (Wildman–Crippen MR) is 102 cm³/mol. The van der Waals surface area contributed by atoms with E-state index in [4.69, 9.17) is 23.2 Å². The molecule has 2 nitrogen and oxygen atoms in total. The Labute approximate surface area is 153 Å². The Kier molecular flexibility index (Phi) is 6.02. The fraction of sp³-hybridized carbons (Fsp3) is 0.450. The van der Waals surface area contributed by atoms with Crippen LogP contribution < -0.4 is 5.32 Å². The van der Waals surface area contributed by atoms with Gasteiger partial charge in [0.05, 0.1) is 10.7 Å². The number of hydrogen-bond acceptors (Lipinski definition) is 1. The number of allylic oxidation sites excluding steroid dienone is 4. The number of carbonyl (C=O) groups excluding carboxylic acids is 1. The van der Waals surface area contributed by atoms with E-state index >= 15 is 0 Å². The van der Waals surface area contributed by atoms with Gasteiger partial charge in [0.2, 0.25) is 5.91 Å². The molecular weight excluding hydrogens is 341 g/mol. The van der Waals surface area contributed by atoms with E-state index in [2.05, 4.69) is 29.6 Å². The molecule has 2 aliphatic rings. The smallest absolute Gasteiger partial charge is 0.228 e. The first-order valence-electron chi connectivity index (χ1n) is 8.72. The fourth-order valence-corrected chi connectivity index (χ4v) is 4.12. The zero-order chi connectivity index (χ0) is 16.9. The highest BCUT2D eigenvalue weighted by Crippen LogP contribution is 2.52. The zero-order valence-electron chi connectivity index (χ0n) is 13.7. The van der Waals surface area contributed by atoms with Gasteiger partial charge in [0.1, 0.15) is 0 Å². The molecule has 128 valence electrons. The van der Waals surface area contributed by atoms with Gasteiger partial charge in [-0.1, -0.05) is 47.5 Å². The number of carbonyl (C=O) groups is 1. The van der Waals surface area contributed by atoms with E-state index in [9.17, 15) is 4.79 Å². The van der Waals surface area contributed by atoms with Crippen molar-refractivity contribution in [1.82, 2.24) is 0 Å². The topological polar surface area (TPSA) is 29.1 Å². The summed E-state index contributed by atoms with van der Waals surface area (Å²) in [6.45, 7) is 0. The highest BCUT2D eigenvalue weighted by atomic mass is 35.5. The second kappa shape index (κ2) is 8.22. The van der Waals surface area contributed by atoms with Gasteiger partial charge in [-0.3, -0.25) is 4.79 Å². The molecule has 1 N–H and O–H groups in total. The van der Waals surface area contributed by atoms with Crippen LogP contribution >= 0.6 is 23.2 Å². The van der Waals surface area contributed by atoms with Crippen molar-refractivity contribution < 1.29 is 4.79 Å². The van der Waals surface area contributed by atoms with E-state index in [1.54, 1.807) is 18.2 Å². The van der Waals surface area contributed by atoms with Gasteiger partial charge in [-0.05, 0) is 68.6 Å². The third kappa shape index (κ3) is 4.43. The lowest BCUT2D eigenvalue weighted by atomic mass is 10.1. The summed E-state index contributed by atoms with van der Waals surface area (Å²) in [5.41, 5.74) is 0.646. The van der Waals surface area contributed by atoms with Crippen molar-refractivity contribution >= 4 is 34.8 Å². The van der Waals surface area contributed by atoms with Crippen molar-refractivity contribution in [2.75, 3.05) is 5.32 Å². The second-order valence-electron chi connectivity index (χ2n) is 6.64. The first-order chi connectivity index (χ1) is 11.7. The second-order valence-corrected chi connectivity index (χ2v) is 7.49. The third-order valence-corrected chi connectivity index (χ3v) is 5.54. The molecule has 1 saturated carbocycles. The number of benzene rings is 1. The summed E-state index contributed by atoms with van der Waals surface area (Å²) in [5.74, 6) is 1.19. The first-order valence-corrected chi connectivity index (χ1v) is 9.48. The minimum atomic E-state index is 0.0945. The van der Waals surface area contributed by atoms with Gasteiger partial charge in [0.25, 0.3) is 0 Å². The number of rotatable bonds is 2. The van der Waals surface area contributed by atoms with Crippen molar-refractivity contribution in [3.63, 3.8) is 0 Å². The molecule has 0 unspecified atom stereocenters. The number of nitrogens with one attached hydrogen (secondary N) is 1. The minimum Gasteiger partial charge on any atom is -0.325 e. The lowest BCUT2D eigenvalue weighted by Gasteiger charge is -2.07. The quantitative estimate of drug-likeness (QED) is 0.617. The van der Waals surface area contributed by atoms with Crippen LogP contribution in [0.5, 0.6) is 0 Å². The lowest BCUT2D eigenvalue weighted by Crippen LogP contribution is -2.16. The molecule has 0 radical (unpaired) electrons. The van der Waals surface area contributed by atoms with Crippen LogP contribution in [0.25, 0.3) is 0 Å². The maximum absolute atomic E-state index is 12.7. The molecule has 0 bridgehead atoms. The van der Waals surface area contributed by atoms with Gasteiger partial charge in [-0.2, -0.15) is 0 Å². The molecule has 0 aromatic heterocycles. The molecule has 2 aliphatic carbocycles. The van der Waals surface area contributed by atoms with Crippen LogP contribution in [0.1, 0.15) is 38.5 Å². The van der Waals surface area contributed by atoms with E-state index in [0.29, 0.717) is 27.6 Å². The van der Waals surface area contributed by atoms with E-state index in [1.165, 1.54) is 0 Å². The van der Waals surface area contributed by atoms with Gasteiger partial charge in [0, 0.05) is 10.9 Å². The number of halogens is 2. The van der Waals surface area contributed by atoms with Crippen LogP contribution in [0, 0.1) is 17.8 Å². The maximum atomic E-state index is 12.7. The summed E-state index contributed by atoms with van der Waals surface area (Å²) >= 11 is 12.1. The number of fused-ring (bicyclic) bond motifs is 1. The Morgan fingerprint density at radius 2 is 1.50 bits per heavy atom. The molecule has 1 aromatic rings. The van der Waals surface area contributed by atoms with Crippen molar-refractivity contribution in [1.29, 1.82) is 0 Å². The van der Waals surface area contributed by atoms with Gasteiger partial charge in [0.15, 0.2) is 0 Å². The van der Waals surface area contributed by atoms with Gasteiger partial charge >= 0.3 is 0 Å². The number of hydrogen-bond donors (Lipinski definition) is 1. The molecule has 0 saturated heterocycles. The average Bonchev–Trinajstić information content (AvgIpc) is 3.22. The highest BCUT2D eigenvalue weighted by Gasteiger charge is 2.52. The number of amides is 1. The Hall–Kier alpha value is -1.25. The summed E-state index contributed by atoms with van der Waals surface area (Å²) in [6.07, 6.45) is 15.6. The van der Waals surface area contributed by atoms with E-state index < -0.39 is 0 Å². The Morgan fingerprint density at radius 3 is 2.08 bits per heavy atom. The molecule has 4 heteroatoms. The summed E-state index contributed by atoms with van der Waals surface area (Å²) in [7, 11) is 0. The molecule has 0 heterocycles. The van der Waals surface area contributed by atoms with Crippen LogP contribution in [-0.2, 0) is 4.79 Å². The third-order valence-electron chi connectivity index (χ3n) is 4.99. The van der Waals surface area contributed by atoms with Crippen LogP contribution in [0.3, 0.4) is 0 Å². The van der Waals surface area contributed by atoms with Crippen LogP contribution in [0.15, 0.2) is 42.5 Å². The predicted octanol–water partition coefficient (Wildman–Crippen LogP) is 6.26. The Bertz CT molecular complexity index is 629. The molecule has 1 amide bonds. The van der Waals surface area contributed by atoms with Gasteiger partial charge in [-0.25, -0.2) is 0 Å². The van der Waals surface area contributed by atoms with E-state index in [0.717, 1.165) is 38.5 Å². The van der Waals surface area contributed by atoms with Crippen molar-refractivity contribution in [2.45, 2.75) is 38.5 Å². The highest BCUT2D eigenvalue weighted by molar-refractivity contribution is 6.36. The minimum absolute atomic E-state index is 0.0945. The van der Waals surface area contributed by atoms with Crippen LogP contribution in [0.4, 0.5) is 5.69 Å². The summed E-state index contributed by atoms with van der Waals surface area (Å²) in [4.78, 5) is 12.7. The van der Waals surface area contributed by atoms with Crippen molar-refractivity contribution in [3.05, 3.63) is 52.5 Å². The molecule has 1 fully saturated rings. The molecule has 0 aliphatic heterocycles. The summed E-state index contributed by atoms with van der Waals surface area (Å²) < 4.78 is 0. The first kappa shape index (κ1) is 17.6. The normalized spacial score (nSPS) is 29.5. The van der Waals surface area contributed by atoms with Gasteiger partial charge in [-0.15, -0.1) is 0 Å². The number of anilines is 1. The monoisotopic (exact) mass is 363 g/mol. The van der Waals surface area contributed by atoms with Crippen molar-refractivity contribution in [3.8, 4) is 0 Å². The Balaban J connectivity index is 1.64. The molecule has 1 aromatic carbocycles. The lowest BCUT2D eigenvalue weighted by molar-refractivity contribution is -0.117. The van der Waals surface area contributed by atoms with Crippen LogP contribution in [0.2, 0.25) is 10.0 Å². The molecule has 3 rings (SSSR count). The fourth-order valence-electron chi connectivity index (χ4n) is 3.67. The molecular formula is C20H23Cl2NO. The maximum Gasteiger partial charge on any atom is 0.228 e. The molecule has 0 spiro atoms.